The van der Waals surface area contributed by atoms with Crippen molar-refractivity contribution in [3.8, 4) is 0 Å². The van der Waals surface area contributed by atoms with Crippen LogP contribution in [0.2, 0.25) is 0 Å². The van der Waals surface area contributed by atoms with Gasteiger partial charge in [0.2, 0.25) is 0 Å². The van der Waals surface area contributed by atoms with E-state index in [2.05, 4.69) is 10.6 Å². The quantitative estimate of drug-likeness (QED) is 0.750. The molecular formula is C15H20N2O4. The first-order valence-electron chi connectivity index (χ1n) is 6.92. The molecule has 3 N–H and O–H groups in total. The van der Waals surface area contributed by atoms with Gasteiger partial charge in [0.15, 0.2) is 0 Å². The molecule has 1 aliphatic carbocycles. The summed E-state index contributed by atoms with van der Waals surface area (Å²) in [6.45, 7) is 0.630. The van der Waals surface area contributed by atoms with Crippen LogP contribution < -0.4 is 10.6 Å². The Bertz CT molecular complexity index is 526. The number of urea groups is 1. The van der Waals surface area contributed by atoms with E-state index in [1.165, 1.54) is 0 Å². The Morgan fingerprint density at radius 3 is 2.71 bits per heavy atom. The predicted octanol–water partition coefficient (Wildman–Crippen LogP) is 2.21. The summed E-state index contributed by atoms with van der Waals surface area (Å²) >= 11 is 0. The fourth-order valence-electron chi connectivity index (χ4n) is 2.40. The van der Waals surface area contributed by atoms with Crippen molar-refractivity contribution in [1.29, 1.82) is 0 Å². The molecule has 0 radical (unpaired) electrons. The van der Waals surface area contributed by atoms with Crippen LogP contribution in [0.15, 0.2) is 24.3 Å². The average Bonchev–Trinajstić information content (AvgIpc) is 2.37. The first-order chi connectivity index (χ1) is 10.1. The van der Waals surface area contributed by atoms with E-state index in [0.29, 0.717) is 25.1 Å². The molecule has 6 heteroatoms. The lowest BCUT2D eigenvalue weighted by atomic mass is 9.69. The van der Waals surface area contributed by atoms with E-state index in [0.717, 1.165) is 12.0 Å². The fraction of sp³-hybridized carbons (Fsp3) is 0.467. The second kappa shape index (κ2) is 6.58. The van der Waals surface area contributed by atoms with Gasteiger partial charge in [0, 0.05) is 19.3 Å². The van der Waals surface area contributed by atoms with Crippen LogP contribution in [0.5, 0.6) is 0 Å². The SMILES string of the molecule is COCc1cccc(NC(=O)NCC2(C(=O)O)CCC2)c1. The molecule has 0 heterocycles. The predicted molar refractivity (Wildman–Crippen MR) is 78.1 cm³/mol. The molecule has 21 heavy (non-hydrogen) atoms. The number of amides is 2. The maximum Gasteiger partial charge on any atom is 0.319 e. The van der Waals surface area contributed by atoms with Crippen LogP contribution >= 0.6 is 0 Å². The monoisotopic (exact) mass is 292 g/mol. The molecule has 1 fully saturated rings. The number of benzene rings is 1. The van der Waals surface area contributed by atoms with Crippen molar-refractivity contribution >= 4 is 17.7 Å². The van der Waals surface area contributed by atoms with Gasteiger partial charge < -0.3 is 20.5 Å². The van der Waals surface area contributed by atoms with Crippen molar-refractivity contribution in [2.75, 3.05) is 19.0 Å². The third-order valence-corrected chi connectivity index (χ3v) is 3.85. The number of aliphatic carboxylic acids is 1. The highest BCUT2D eigenvalue weighted by atomic mass is 16.5. The van der Waals surface area contributed by atoms with Gasteiger partial charge in [0.05, 0.1) is 12.0 Å². The molecule has 0 atom stereocenters. The number of methoxy groups -OCH3 is 1. The minimum absolute atomic E-state index is 0.159. The van der Waals surface area contributed by atoms with Gasteiger partial charge in [-0.15, -0.1) is 0 Å². The summed E-state index contributed by atoms with van der Waals surface area (Å²) < 4.78 is 5.03. The standard InChI is InChI=1S/C15H20N2O4/c1-21-9-11-4-2-5-12(8-11)17-14(20)16-10-15(13(18)19)6-3-7-15/h2,4-5,8H,3,6-7,9-10H2,1H3,(H,18,19)(H2,16,17,20). The Balaban J connectivity index is 1.87. The van der Waals surface area contributed by atoms with Crippen LogP contribution in [0, 0.1) is 5.41 Å². The lowest BCUT2D eigenvalue weighted by molar-refractivity contribution is -0.153. The van der Waals surface area contributed by atoms with Gasteiger partial charge in [-0.1, -0.05) is 18.6 Å². The number of hydrogen-bond acceptors (Lipinski definition) is 3. The molecule has 0 spiro atoms. The van der Waals surface area contributed by atoms with Crippen molar-refractivity contribution in [2.45, 2.75) is 25.9 Å². The normalized spacial score (nSPS) is 15.9. The Morgan fingerprint density at radius 1 is 1.38 bits per heavy atom. The number of rotatable bonds is 6. The molecule has 0 aliphatic heterocycles. The average molecular weight is 292 g/mol. The molecule has 6 nitrogen and oxygen atoms in total. The van der Waals surface area contributed by atoms with E-state index < -0.39 is 17.4 Å². The summed E-state index contributed by atoms with van der Waals surface area (Å²) in [7, 11) is 1.61. The molecule has 0 aromatic heterocycles. The number of carboxylic acid groups (broad SMARTS) is 1. The number of carbonyl (C=O) groups is 2. The highest BCUT2D eigenvalue weighted by molar-refractivity contribution is 5.89. The maximum atomic E-state index is 11.8. The highest BCUT2D eigenvalue weighted by Crippen LogP contribution is 2.40. The molecule has 2 rings (SSSR count). The van der Waals surface area contributed by atoms with E-state index in [-0.39, 0.29) is 6.54 Å². The lowest BCUT2D eigenvalue weighted by Gasteiger charge is -2.37. The molecular weight excluding hydrogens is 272 g/mol. The number of nitrogens with one attached hydrogen (secondary N) is 2. The Labute approximate surface area is 123 Å². The van der Waals surface area contributed by atoms with Crippen LogP contribution in [-0.2, 0) is 16.1 Å². The molecule has 0 bridgehead atoms. The van der Waals surface area contributed by atoms with Crippen LogP contribution in [0.3, 0.4) is 0 Å². The van der Waals surface area contributed by atoms with Crippen molar-refractivity contribution in [2.24, 2.45) is 5.41 Å². The number of hydrogen-bond donors (Lipinski definition) is 3. The first-order valence-corrected chi connectivity index (χ1v) is 6.92. The summed E-state index contributed by atoms with van der Waals surface area (Å²) in [6, 6.07) is 6.93. The van der Waals surface area contributed by atoms with Crippen LogP contribution in [0.25, 0.3) is 0 Å². The molecule has 2 amide bonds. The van der Waals surface area contributed by atoms with Crippen LogP contribution in [0.4, 0.5) is 10.5 Å². The van der Waals surface area contributed by atoms with Crippen LogP contribution in [0.1, 0.15) is 24.8 Å². The van der Waals surface area contributed by atoms with E-state index in [1.807, 2.05) is 18.2 Å². The largest absolute Gasteiger partial charge is 0.481 e. The third kappa shape index (κ3) is 3.72. The van der Waals surface area contributed by atoms with Crippen molar-refractivity contribution < 1.29 is 19.4 Å². The minimum atomic E-state index is -0.837. The van der Waals surface area contributed by atoms with E-state index in [4.69, 9.17) is 4.74 Å². The zero-order chi connectivity index (χ0) is 15.3. The van der Waals surface area contributed by atoms with Gasteiger partial charge in [0.25, 0.3) is 0 Å². The third-order valence-electron chi connectivity index (χ3n) is 3.85. The van der Waals surface area contributed by atoms with Gasteiger partial charge in [-0.25, -0.2) is 4.79 Å². The zero-order valence-corrected chi connectivity index (χ0v) is 12.0. The van der Waals surface area contributed by atoms with Crippen molar-refractivity contribution in [3.05, 3.63) is 29.8 Å². The first kappa shape index (κ1) is 15.3. The maximum absolute atomic E-state index is 11.8. The number of carbonyl (C=O) groups excluding carboxylic acids is 1. The van der Waals surface area contributed by atoms with E-state index >= 15 is 0 Å². The van der Waals surface area contributed by atoms with E-state index in [9.17, 15) is 14.7 Å². The zero-order valence-electron chi connectivity index (χ0n) is 12.0. The van der Waals surface area contributed by atoms with E-state index in [1.54, 1.807) is 13.2 Å². The topological polar surface area (TPSA) is 87.7 Å². The second-order valence-electron chi connectivity index (χ2n) is 5.38. The molecule has 1 aromatic carbocycles. The van der Waals surface area contributed by atoms with Crippen molar-refractivity contribution in [1.82, 2.24) is 5.32 Å². The smallest absolute Gasteiger partial charge is 0.319 e. The highest BCUT2D eigenvalue weighted by Gasteiger charge is 2.44. The molecule has 0 unspecified atom stereocenters. The lowest BCUT2D eigenvalue weighted by Crippen LogP contribution is -2.48. The number of ether oxygens (including phenoxy) is 1. The number of anilines is 1. The summed E-state index contributed by atoms with van der Waals surface area (Å²) in [4.78, 5) is 23.0. The molecule has 1 saturated carbocycles. The Hall–Kier alpha value is -2.08. The summed E-state index contributed by atoms with van der Waals surface area (Å²) in [6.07, 6.45) is 2.13. The molecule has 0 saturated heterocycles. The molecule has 1 aliphatic rings. The van der Waals surface area contributed by atoms with Crippen molar-refractivity contribution in [3.63, 3.8) is 0 Å². The Kier molecular flexibility index (Phi) is 4.80. The second-order valence-corrected chi connectivity index (χ2v) is 5.38. The number of carboxylic acids is 1. The molecule has 1 aromatic rings. The van der Waals surface area contributed by atoms with Gasteiger partial charge in [-0.3, -0.25) is 4.79 Å². The summed E-state index contributed by atoms with van der Waals surface area (Å²) in [5, 5.41) is 14.5. The van der Waals surface area contributed by atoms with Crippen LogP contribution in [-0.4, -0.2) is 30.8 Å². The summed E-state index contributed by atoms with van der Waals surface area (Å²) in [5.74, 6) is -0.837. The van der Waals surface area contributed by atoms with Gasteiger partial charge in [0.1, 0.15) is 0 Å². The van der Waals surface area contributed by atoms with Gasteiger partial charge in [-0.05, 0) is 30.5 Å². The summed E-state index contributed by atoms with van der Waals surface area (Å²) in [5.41, 5.74) is 0.825. The van der Waals surface area contributed by atoms with Gasteiger partial charge >= 0.3 is 12.0 Å². The fourth-order valence-corrected chi connectivity index (χ4v) is 2.40. The van der Waals surface area contributed by atoms with Gasteiger partial charge in [-0.2, -0.15) is 0 Å². The Morgan fingerprint density at radius 2 is 2.14 bits per heavy atom. The molecule has 114 valence electrons. The minimum Gasteiger partial charge on any atom is -0.481 e.